The predicted molar refractivity (Wildman–Crippen MR) is 88.3 cm³/mol. The summed E-state index contributed by atoms with van der Waals surface area (Å²) in [6.07, 6.45) is 2.36. The van der Waals surface area contributed by atoms with Crippen molar-refractivity contribution in [2.45, 2.75) is 50.7 Å². The lowest BCUT2D eigenvalue weighted by molar-refractivity contribution is -0.131. The van der Waals surface area contributed by atoms with E-state index in [4.69, 9.17) is 0 Å². The minimum Gasteiger partial charge on any atom is -0.387 e. The number of hydrogen-bond donors (Lipinski definition) is 1. The average molecular weight is 356 g/mol. The van der Waals surface area contributed by atoms with Crippen LogP contribution in [0.1, 0.15) is 31.4 Å². The fourth-order valence-corrected chi connectivity index (χ4v) is 3.61. The van der Waals surface area contributed by atoms with Crippen molar-refractivity contribution in [1.29, 1.82) is 0 Å². The van der Waals surface area contributed by atoms with E-state index in [2.05, 4.69) is 5.10 Å². The Morgan fingerprint density at radius 3 is 2.64 bits per heavy atom. The molecule has 1 aromatic rings. The van der Waals surface area contributed by atoms with Crippen molar-refractivity contribution in [1.82, 2.24) is 19.6 Å². The quantitative estimate of drug-likeness (QED) is 0.863. The summed E-state index contributed by atoms with van der Waals surface area (Å²) in [5, 5.41) is 15.0. The molecule has 2 aliphatic rings. The van der Waals surface area contributed by atoms with Gasteiger partial charge in [0.25, 0.3) is 5.92 Å². The van der Waals surface area contributed by atoms with Gasteiger partial charge in [-0.2, -0.15) is 5.10 Å². The molecule has 0 aromatic carbocycles. The number of amides is 1. The normalized spacial score (nSPS) is 27.0. The number of carbonyl (C=O) groups is 1. The van der Waals surface area contributed by atoms with E-state index in [0.29, 0.717) is 45.6 Å². The highest BCUT2D eigenvalue weighted by Gasteiger charge is 2.41. The Morgan fingerprint density at radius 2 is 2.00 bits per heavy atom. The van der Waals surface area contributed by atoms with Gasteiger partial charge in [0.05, 0.1) is 17.8 Å². The van der Waals surface area contributed by atoms with Crippen LogP contribution in [0.5, 0.6) is 0 Å². The van der Waals surface area contributed by atoms with Gasteiger partial charge in [-0.3, -0.25) is 14.4 Å². The van der Waals surface area contributed by atoms with E-state index in [-0.39, 0.29) is 25.3 Å². The van der Waals surface area contributed by atoms with E-state index in [1.54, 1.807) is 9.58 Å². The third-order valence-electron chi connectivity index (χ3n) is 5.12. The molecule has 1 amide bonds. The van der Waals surface area contributed by atoms with Crippen molar-refractivity contribution in [2.75, 3.05) is 32.7 Å². The second-order valence-electron chi connectivity index (χ2n) is 7.39. The molecular weight excluding hydrogens is 330 g/mol. The van der Waals surface area contributed by atoms with Crippen LogP contribution >= 0.6 is 0 Å². The molecule has 2 saturated heterocycles. The molecule has 0 saturated carbocycles. The molecule has 3 heterocycles. The van der Waals surface area contributed by atoms with Crippen LogP contribution in [0, 0.1) is 6.92 Å². The number of carbonyl (C=O) groups excluding carboxylic acids is 1. The fourth-order valence-electron chi connectivity index (χ4n) is 3.61. The van der Waals surface area contributed by atoms with Crippen LogP contribution in [-0.4, -0.2) is 74.8 Å². The van der Waals surface area contributed by atoms with Crippen molar-refractivity contribution in [3.8, 4) is 0 Å². The maximum atomic E-state index is 13.2. The number of rotatable bonds is 5. The Bertz CT molecular complexity index is 612. The standard InChI is InChI=1S/C17H26F2N4O2/c1-14-2-7-23(20-14)8-3-15(24)22-11-4-16(25,13-22)12-21-9-5-17(18,19)6-10-21/h2,7,25H,3-6,8-13H2,1H3/t16-/m1/s1. The summed E-state index contributed by atoms with van der Waals surface area (Å²) < 4.78 is 28.2. The second kappa shape index (κ2) is 6.99. The molecule has 0 bridgehead atoms. The van der Waals surface area contributed by atoms with Gasteiger partial charge in [0.15, 0.2) is 0 Å². The molecule has 8 heteroatoms. The first-order chi connectivity index (χ1) is 11.7. The van der Waals surface area contributed by atoms with E-state index in [1.807, 2.05) is 24.1 Å². The minimum absolute atomic E-state index is 0.00532. The number of aliphatic hydroxyl groups is 1. The number of piperidine rings is 1. The van der Waals surface area contributed by atoms with Gasteiger partial charge < -0.3 is 10.0 Å². The number of aromatic nitrogens is 2. The fraction of sp³-hybridized carbons (Fsp3) is 0.765. The SMILES string of the molecule is Cc1ccn(CCC(=O)N2CC[C@@](O)(CN3CCC(F)(F)CC3)C2)n1. The highest BCUT2D eigenvalue weighted by atomic mass is 19.3. The smallest absolute Gasteiger partial charge is 0.250 e. The molecule has 140 valence electrons. The van der Waals surface area contributed by atoms with Gasteiger partial charge in [0.2, 0.25) is 5.91 Å². The molecule has 2 fully saturated rings. The molecule has 1 aromatic heterocycles. The highest BCUT2D eigenvalue weighted by Crippen LogP contribution is 2.30. The summed E-state index contributed by atoms with van der Waals surface area (Å²) in [5.41, 5.74) is -0.0833. The first-order valence-electron chi connectivity index (χ1n) is 8.85. The lowest BCUT2D eigenvalue weighted by Gasteiger charge is -2.36. The van der Waals surface area contributed by atoms with Crippen molar-refractivity contribution < 1.29 is 18.7 Å². The number of β-amino-alcohol motifs (C(OH)–C–C–N with tert-alkyl or cyclic N) is 1. The molecular formula is C17H26F2N4O2. The van der Waals surface area contributed by atoms with Crippen LogP contribution in [-0.2, 0) is 11.3 Å². The highest BCUT2D eigenvalue weighted by molar-refractivity contribution is 5.76. The lowest BCUT2D eigenvalue weighted by Crippen LogP contribution is -2.49. The Balaban J connectivity index is 1.46. The molecule has 6 nitrogen and oxygen atoms in total. The summed E-state index contributed by atoms with van der Waals surface area (Å²) in [6.45, 7) is 4.14. The molecule has 3 rings (SSSR count). The van der Waals surface area contributed by atoms with Gasteiger partial charge in [-0.15, -0.1) is 0 Å². The van der Waals surface area contributed by atoms with Crippen LogP contribution < -0.4 is 0 Å². The number of hydrogen-bond acceptors (Lipinski definition) is 4. The topological polar surface area (TPSA) is 61.6 Å². The zero-order valence-corrected chi connectivity index (χ0v) is 14.6. The average Bonchev–Trinajstić information content (AvgIpc) is 3.13. The third kappa shape index (κ3) is 4.76. The molecule has 25 heavy (non-hydrogen) atoms. The largest absolute Gasteiger partial charge is 0.387 e. The zero-order chi connectivity index (χ0) is 18.1. The van der Waals surface area contributed by atoms with E-state index < -0.39 is 11.5 Å². The van der Waals surface area contributed by atoms with E-state index in [0.717, 1.165) is 5.69 Å². The van der Waals surface area contributed by atoms with Crippen LogP contribution in [0.15, 0.2) is 12.3 Å². The number of halogens is 2. The summed E-state index contributed by atoms with van der Waals surface area (Å²) in [5.74, 6) is -2.59. The van der Waals surface area contributed by atoms with Crippen molar-refractivity contribution in [2.24, 2.45) is 0 Å². The zero-order valence-electron chi connectivity index (χ0n) is 14.6. The maximum Gasteiger partial charge on any atom is 0.250 e. The van der Waals surface area contributed by atoms with Crippen LogP contribution in [0.3, 0.4) is 0 Å². The van der Waals surface area contributed by atoms with Crippen molar-refractivity contribution >= 4 is 5.91 Å². The third-order valence-corrected chi connectivity index (χ3v) is 5.12. The van der Waals surface area contributed by atoms with E-state index >= 15 is 0 Å². The summed E-state index contributed by atoms with van der Waals surface area (Å²) in [7, 11) is 0. The summed E-state index contributed by atoms with van der Waals surface area (Å²) in [4.78, 5) is 15.9. The van der Waals surface area contributed by atoms with Gasteiger partial charge in [-0.05, 0) is 19.4 Å². The summed E-state index contributed by atoms with van der Waals surface area (Å²) in [6, 6.07) is 1.89. The predicted octanol–water partition coefficient (Wildman–Crippen LogP) is 1.28. The van der Waals surface area contributed by atoms with Gasteiger partial charge in [-0.1, -0.05) is 0 Å². The maximum absolute atomic E-state index is 13.2. The van der Waals surface area contributed by atoms with Gasteiger partial charge >= 0.3 is 0 Å². The minimum atomic E-state index is -2.58. The Kier molecular flexibility index (Phi) is 5.11. The molecule has 0 aliphatic carbocycles. The molecule has 1 N–H and O–H groups in total. The van der Waals surface area contributed by atoms with Crippen LogP contribution in [0.25, 0.3) is 0 Å². The number of nitrogens with zero attached hydrogens (tertiary/aromatic N) is 4. The number of aryl methyl sites for hydroxylation is 2. The van der Waals surface area contributed by atoms with E-state index in [9.17, 15) is 18.7 Å². The van der Waals surface area contributed by atoms with E-state index in [1.165, 1.54) is 0 Å². The summed E-state index contributed by atoms with van der Waals surface area (Å²) >= 11 is 0. The Labute approximate surface area is 146 Å². The Hall–Kier alpha value is -1.54. The first-order valence-corrected chi connectivity index (χ1v) is 8.85. The van der Waals surface area contributed by atoms with Crippen LogP contribution in [0.2, 0.25) is 0 Å². The molecule has 0 radical (unpaired) electrons. The second-order valence-corrected chi connectivity index (χ2v) is 7.39. The number of likely N-dealkylation sites (tertiary alicyclic amines) is 2. The van der Waals surface area contributed by atoms with Crippen molar-refractivity contribution in [3.63, 3.8) is 0 Å². The van der Waals surface area contributed by atoms with Crippen molar-refractivity contribution in [3.05, 3.63) is 18.0 Å². The molecule has 0 spiro atoms. The molecule has 1 atom stereocenters. The van der Waals surface area contributed by atoms with Gasteiger partial charge in [-0.25, -0.2) is 8.78 Å². The lowest BCUT2D eigenvalue weighted by atomic mass is 10.00. The molecule has 2 aliphatic heterocycles. The van der Waals surface area contributed by atoms with Gasteiger partial charge in [0, 0.05) is 58.2 Å². The van der Waals surface area contributed by atoms with Crippen LogP contribution in [0.4, 0.5) is 8.78 Å². The Morgan fingerprint density at radius 1 is 1.28 bits per heavy atom. The van der Waals surface area contributed by atoms with Gasteiger partial charge in [0.1, 0.15) is 0 Å². The molecule has 0 unspecified atom stereocenters. The monoisotopic (exact) mass is 356 g/mol. The number of alkyl halides is 2. The first kappa shape index (κ1) is 18.3.